The van der Waals surface area contributed by atoms with Crippen LogP contribution in [0.5, 0.6) is 0 Å². The first-order chi connectivity index (χ1) is 11.2. The molecule has 1 amide bonds. The second kappa shape index (κ2) is 6.84. The molecule has 2 N–H and O–H groups in total. The fourth-order valence-electron chi connectivity index (χ4n) is 2.15. The van der Waals surface area contributed by atoms with Gasteiger partial charge in [-0.15, -0.1) is 0 Å². The Hall–Kier alpha value is -2.67. The number of benzene rings is 1. The number of carbonyl (C=O) groups excluding carboxylic acids is 1. The van der Waals surface area contributed by atoms with Crippen molar-refractivity contribution in [2.24, 2.45) is 0 Å². The van der Waals surface area contributed by atoms with Gasteiger partial charge >= 0.3 is 5.88 Å². The van der Waals surface area contributed by atoms with E-state index < -0.39 is 22.8 Å². The molecular weight excluding hydrogens is 312 g/mol. The smallest absolute Gasteiger partial charge is 0.395 e. The summed E-state index contributed by atoms with van der Waals surface area (Å²) in [6, 6.07) is 9.84. The van der Waals surface area contributed by atoms with Crippen molar-refractivity contribution in [2.75, 3.05) is 6.54 Å². The first-order valence-electron chi connectivity index (χ1n) is 7.49. The summed E-state index contributed by atoms with van der Waals surface area (Å²) in [4.78, 5) is 21.7. The fraction of sp³-hybridized carbons (Fsp3) is 0.353. The number of hydrogen-bond acceptors (Lipinski definition) is 5. The van der Waals surface area contributed by atoms with E-state index in [-0.39, 0.29) is 17.7 Å². The molecular formula is C17H20N2O5. The third kappa shape index (κ3) is 4.20. The quantitative estimate of drug-likeness (QED) is 0.647. The van der Waals surface area contributed by atoms with Crippen LogP contribution in [0.15, 0.2) is 40.8 Å². The summed E-state index contributed by atoms with van der Waals surface area (Å²) in [5, 5.41) is 23.2. The van der Waals surface area contributed by atoms with E-state index in [2.05, 4.69) is 26.1 Å². The number of rotatable bonds is 5. The minimum absolute atomic E-state index is 0.0195. The van der Waals surface area contributed by atoms with E-state index in [4.69, 9.17) is 4.42 Å². The van der Waals surface area contributed by atoms with Crippen LogP contribution in [0.4, 0.5) is 5.88 Å². The zero-order chi connectivity index (χ0) is 17.9. The van der Waals surface area contributed by atoms with E-state index in [0.717, 1.165) is 11.6 Å². The van der Waals surface area contributed by atoms with Crippen LogP contribution in [0.3, 0.4) is 0 Å². The average Bonchev–Trinajstić information content (AvgIpc) is 3.02. The van der Waals surface area contributed by atoms with Gasteiger partial charge in [-0.25, -0.2) is 0 Å². The zero-order valence-electron chi connectivity index (χ0n) is 13.8. The van der Waals surface area contributed by atoms with E-state index in [0.29, 0.717) is 5.56 Å². The van der Waals surface area contributed by atoms with Gasteiger partial charge in [0.25, 0.3) is 5.91 Å². The molecule has 1 aromatic heterocycles. The van der Waals surface area contributed by atoms with E-state index in [1.165, 1.54) is 6.07 Å². The van der Waals surface area contributed by atoms with Gasteiger partial charge in [-0.3, -0.25) is 14.9 Å². The molecule has 1 atom stereocenters. The highest BCUT2D eigenvalue weighted by atomic mass is 16.6. The predicted octanol–water partition coefficient (Wildman–Crippen LogP) is 2.95. The predicted molar refractivity (Wildman–Crippen MR) is 87.8 cm³/mol. The van der Waals surface area contributed by atoms with Crippen LogP contribution in [0, 0.1) is 10.1 Å². The molecule has 0 saturated carbocycles. The van der Waals surface area contributed by atoms with Crippen molar-refractivity contribution >= 4 is 11.8 Å². The van der Waals surface area contributed by atoms with Crippen LogP contribution >= 0.6 is 0 Å². The van der Waals surface area contributed by atoms with Crippen molar-refractivity contribution in [2.45, 2.75) is 32.3 Å². The van der Waals surface area contributed by atoms with E-state index >= 15 is 0 Å². The highest BCUT2D eigenvalue weighted by Gasteiger charge is 2.19. The molecule has 7 heteroatoms. The van der Waals surface area contributed by atoms with Crippen LogP contribution in [-0.4, -0.2) is 22.5 Å². The SMILES string of the molecule is CC(C)(C)c1ccc(C(O)CNC(=O)c2ccc([N+](=O)[O-])o2)cc1. The fourth-order valence-corrected chi connectivity index (χ4v) is 2.15. The number of aliphatic hydroxyl groups is 1. The Balaban J connectivity index is 1.95. The summed E-state index contributed by atoms with van der Waals surface area (Å²) in [6.45, 7) is 6.27. The number of nitro groups is 1. The van der Waals surface area contributed by atoms with Gasteiger partial charge in [0.1, 0.15) is 4.92 Å². The molecule has 0 saturated heterocycles. The van der Waals surface area contributed by atoms with Crippen molar-refractivity contribution in [3.05, 3.63) is 63.4 Å². The van der Waals surface area contributed by atoms with Crippen LogP contribution in [-0.2, 0) is 5.41 Å². The van der Waals surface area contributed by atoms with Crippen molar-refractivity contribution in [3.63, 3.8) is 0 Å². The van der Waals surface area contributed by atoms with Crippen LogP contribution in [0.2, 0.25) is 0 Å². The number of aliphatic hydroxyl groups excluding tert-OH is 1. The molecule has 0 aliphatic rings. The van der Waals surface area contributed by atoms with Crippen molar-refractivity contribution in [1.82, 2.24) is 5.32 Å². The molecule has 7 nitrogen and oxygen atoms in total. The summed E-state index contributed by atoms with van der Waals surface area (Å²) in [6.07, 6.45) is -0.882. The summed E-state index contributed by atoms with van der Waals surface area (Å²) in [5.74, 6) is -1.29. The molecule has 1 unspecified atom stereocenters. The van der Waals surface area contributed by atoms with Gasteiger partial charge < -0.3 is 14.8 Å². The maximum atomic E-state index is 11.9. The lowest BCUT2D eigenvalue weighted by molar-refractivity contribution is -0.402. The van der Waals surface area contributed by atoms with E-state index in [1.54, 1.807) is 0 Å². The molecule has 0 spiro atoms. The first kappa shape index (κ1) is 17.7. The van der Waals surface area contributed by atoms with Crippen LogP contribution < -0.4 is 5.32 Å². The summed E-state index contributed by atoms with van der Waals surface area (Å²) in [7, 11) is 0. The van der Waals surface area contributed by atoms with E-state index in [1.807, 2.05) is 24.3 Å². The number of nitrogens with zero attached hydrogens (tertiary/aromatic N) is 1. The van der Waals surface area contributed by atoms with Gasteiger partial charge in [0.05, 0.1) is 12.2 Å². The lowest BCUT2D eigenvalue weighted by Gasteiger charge is -2.20. The number of furan rings is 1. The summed E-state index contributed by atoms with van der Waals surface area (Å²) < 4.78 is 4.81. The van der Waals surface area contributed by atoms with Gasteiger partial charge in [0.2, 0.25) is 0 Å². The molecule has 1 heterocycles. The molecule has 0 aliphatic carbocycles. The monoisotopic (exact) mass is 332 g/mol. The minimum atomic E-state index is -0.882. The molecule has 0 fully saturated rings. The third-order valence-corrected chi connectivity index (χ3v) is 3.61. The number of amides is 1. The Kier molecular flexibility index (Phi) is 5.04. The van der Waals surface area contributed by atoms with Gasteiger partial charge in [-0.2, -0.15) is 0 Å². The molecule has 2 rings (SSSR count). The normalized spacial score (nSPS) is 12.7. The second-order valence-electron chi connectivity index (χ2n) is 6.49. The van der Waals surface area contributed by atoms with Gasteiger partial charge in [-0.1, -0.05) is 45.0 Å². The highest BCUT2D eigenvalue weighted by Crippen LogP contribution is 2.24. The Morgan fingerprint density at radius 1 is 1.25 bits per heavy atom. The Morgan fingerprint density at radius 2 is 1.88 bits per heavy atom. The first-order valence-corrected chi connectivity index (χ1v) is 7.49. The minimum Gasteiger partial charge on any atom is -0.395 e. The Morgan fingerprint density at radius 3 is 2.38 bits per heavy atom. The molecule has 128 valence electrons. The van der Waals surface area contributed by atoms with Crippen molar-refractivity contribution < 1.29 is 19.2 Å². The molecule has 0 radical (unpaired) electrons. The third-order valence-electron chi connectivity index (χ3n) is 3.61. The standard InChI is InChI=1S/C17H20N2O5/c1-17(2,3)12-6-4-11(5-7-12)13(20)10-18-16(21)14-8-9-15(24-14)19(22)23/h4-9,13,20H,10H2,1-3H3,(H,18,21). The summed E-state index contributed by atoms with van der Waals surface area (Å²) in [5.41, 5.74) is 1.84. The topological polar surface area (TPSA) is 106 Å². The van der Waals surface area contributed by atoms with Gasteiger partial charge in [0.15, 0.2) is 5.76 Å². The largest absolute Gasteiger partial charge is 0.433 e. The number of nitrogens with one attached hydrogen (secondary N) is 1. The van der Waals surface area contributed by atoms with Crippen molar-refractivity contribution in [3.8, 4) is 0 Å². The van der Waals surface area contributed by atoms with E-state index in [9.17, 15) is 20.0 Å². The molecule has 0 aliphatic heterocycles. The van der Waals surface area contributed by atoms with Crippen LogP contribution in [0.1, 0.15) is 48.6 Å². The Bertz CT molecular complexity index is 728. The molecule has 2 aromatic rings. The van der Waals surface area contributed by atoms with Crippen molar-refractivity contribution in [1.29, 1.82) is 0 Å². The lowest BCUT2D eigenvalue weighted by atomic mass is 9.86. The maximum absolute atomic E-state index is 11.9. The second-order valence-corrected chi connectivity index (χ2v) is 6.49. The number of hydrogen-bond donors (Lipinski definition) is 2. The lowest BCUT2D eigenvalue weighted by Crippen LogP contribution is -2.28. The maximum Gasteiger partial charge on any atom is 0.433 e. The zero-order valence-corrected chi connectivity index (χ0v) is 13.8. The summed E-state index contributed by atoms with van der Waals surface area (Å²) >= 11 is 0. The number of carbonyl (C=O) groups is 1. The molecule has 24 heavy (non-hydrogen) atoms. The highest BCUT2D eigenvalue weighted by molar-refractivity contribution is 5.91. The van der Waals surface area contributed by atoms with Crippen LogP contribution in [0.25, 0.3) is 0 Å². The van der Waals surface area contributed by atoms with Gasteiger partial charge in [0, 0.05) is 6.54 Å². The molecule has 0 bridgehead atoms. The molecule has 1 aromatic carbocycles. The Labute approximate surface area is 139 Å². The average molecular weight is 332 g/mol. The van der Waals surface area contributed by atoms with Gasteiger partial charge in [-0.05, 0) is 22.6 Å².